The Morgan fingerprint density at radius 3 is 2.50 bits per heavy atom. The van der Waals surface area contributed by atoms with Crippen LogP contribution in [0.25, 0.3) is 0 Å². The van der Waals surface area contributed by atoms with Crippen LogP contribution in [-0.4, -0.2) is 35.5 Å². The van der Waals surface area contributed by atoms with Crippen LogP contribution in [0.2, 0.25) is 0 Å². The van der Waals surface area contributed by atoms with Crippen molar-refractivity contribution in [1.29, 1.82) is 0 Å². The van der Waals surface area contributed by atoms with Gasteiger partial charge in [0.2, 0.25) is 0 Å². The number of amides is 1. The van der Waals surface area contributed by atoms with Crippen LogP contribution in [0, 0.1) is 0 Å². The molecule has 1 fully saturated rings. The molecule has 1 aromatic carbocycles. The zero-order valence-corrected chi connectivity index (χ0v) is 13.7. The first-order valence-corrected chi connectivity index (χ1v) is 7.94. The van der Waals surface area contributed by atoms with Crippen LogP contribution in [0.5, 0.6) is 0 Å². The van der Waals surface area contributed by atoms with Gasteiger partial charge in [0.25, 0.3) is 5.91 Å². The summed E-state index contributed by atoms with van der Waals surface area (Å²) in [5.41, 5.74) is 0.171. The summed E-state index contributed by atoms with van der Waals surface area (Å²) in [4.78, 5) is 25.8. The predicted octanol–water partition coefficient (Wildman–Crippen LogP) is 3.12. The van der Waals surface area contributed by atoms with Crippen LogP contribution in [0.3, 0.4) is 0 Å². The van der Waals surface area contributed by atoms with Gasteiger partial charge in [-0.2, -0.15) is 0 Å². The van der Waals surface area contributed by atoms with Gasteiger partial charge >= 0.3 is 5.97 Å². The molecule has 1 aromatic rings. The lowest BCUT2D eigenvalue weighted by Gasteiger charge is -2.32. The number of hydrogen-bond donors (Lipinski definition) is 0. The van der Waals surface area contributed by atoms with Gasteiger partial charge in [-0.15, -0.1) is 0 Å². The summed E-state index contributed by atoms with van der Waals surface area (Å²) in [6, 6.07) is 10.3. The molecule has 1 atom stereocenters. The van der Waals surface area contributed by atoms with Gasteiger partial charge in [-0.3, -0.25) is 9.59 Å². The fraction of sp³-hybridized carbons (Fsp3) is 0.556. The molecule has 0 radical (unpaired) electrons. The van der Waals surface area contributed by atoms with Gasteiger partial charge < -0.3 is 9.64 Å². The van der Waals surface area contributed by atoms with Crippen molar-refractivity contribution in [3.05, 3.63) is 35.9 Å². The van der Waals surface area contributed by atoms with Crippen LogP contribution >= 0.6 is 0 Å². The maximum atomic E-state index is 12.7. The molecule has 1 heterocycles. The van der Waals surface area contributed by atoms with Crippen molar-refractivity contribution in [1.82, 2.24) is 4.90 Å². The second-order valence-electron chi connectivity index (χ2n) is 6.46. The van der Waals surface area contributed by atoms with Gasteiger partial charge in [-0.05, 0) is 32.3 Å². The Bertz CT molecular complexity index is 524. The summed E-state index contributed by atoms with van der Waals surface area (Å²) < 4.78 is 5.20. The number of carbonyl (C=O) groups excluding carboxylic acids is 2. The van der Waals surface area contributed by atoms with E-state index in [1.165, 1.54) is 12.5 Å². The Kier molecular flexibility index (Phi) is 5.22. The lowest BCUT2D eigenvalue weighted by atomic mass is 9.94. The fourth-order valence-electron chi connectivity index (χ4n) is 3.11. The van der Waals surface area contributed by atoms with Crippen LogP contribution < -0.4 is 0 Å². The minimum Gasteiger partial charge on any atom is -0.450 e. The first-order chi connectivity index (χ1) is 10.4. The molecule has 1 unspecified atom stereocenters. The summed E-state index contributed by atoms with van der Waals surface area (Å²) in [6.07, 6.45) is 3.18. The summed E-state index contributed by atoms with van der Waals surface area (Å²) in [5.74, 6) is -0.181. The number of esters is 1. The van der Waals surface area contributed by atoms with E-state index in [-0.39, 0.29) is 5.91 Å². The SMILES string of the molecule is CC(=O)OC(C)(C)C(=O)N1CCCCC(c2ccccc2)C1. The smallest absolute Gasteiger partial charge is 0.303 e. The van der Waals surface area contributed by atoms with Crippen LogP contribution in [0.1, 0.15) is 51.5 Å². The van der Waals surface area contributed by atoms with Gasteiger partial charge in [-0.1, -0.05) is 36.8 Å². The molecule has 4 heteroatoms. The largest absolute Gasteiger partial charge is 0.450 e. The van der Waals surface area contributed by atoms with Crippen molar-refractivity contribution >= 4 is 11.9 Å². The molecular weight excluding hydrogens is 278 g/mol. The van der Waals surface area contributed by atoms with Crippen LogP contribution in [-0.2, 0) is 14.3 Å². The lowest BCUT2D eigenvalue weighted by Crippen LogP contribution is -2.48. The van der Waals surface area contributed by atoms with Gasteiger partial charge in [0.15, 0.2) is 5.60 Å². The van der Waals surface area contributed by atoms with Crippen molar-refractivity contribution in [3.8, 4) is 0 Å². The Morgan fingerprint density at radius 1 is 1.18 bits per heavy atom. The number of nitrogens with zero attached hydrogens (tertiary/aromatic N) is 1. The second kappa shape index (κ2) is 6.95. The zero-order chi connectivity index (χ0) is 16.2. The minimum atomic E-state index is -1.10. The topological polar surface area (TPSA) is 46.6 Å². The number of carbonyl (C=O) groups is 2. The molecule has 0 aromatic heterocycles. The summed E-state index contributed by atoms with van der Waals surface area (Å²) in [6.45, 7) is 6.09. The maximum Gasteiger partial charge on any atom is 0.303 e. The molecule has 0 spiro atoms. The Hall–Kier alpha value is -1.84. The standard InChI is InChI=1S/C18H25NO3/c1-14(20)22-18(2,3)17(21)19-12-8-7-11-16(13-19)15-9-5-4-6-10-15/h4-6,9-10,16H,7-8,11-13H2,1-3H3. The lowest BCUT2D eigenvalue weighted by molar-refractivity contribution is -0.168. The van der Waals surface area contributed by atoms with E-state index in [2.05, 4.69) is 12.1 Å². The highest BCUT2D eigenvalue weighted by Gasteiger charge is 2.36. The quantitative estimate of drug-likeness (QED) is 0.806. The number of hydrogen-bond acceptors (Lipinski definition) is 3. The van der Waals surface area contributed by atoms with E-state index in [0.717, 1.165) is 25.8 Å². The highest BCUT2D eigenvalue weighted by molar-refractivity contribution is 5.86. The van der Waals surface area contributed by atoms with Gasteiger partial charge in [-0.25, -0.2) is 0 Å². The molecule has 2 rings (SSSR count). The number of ether oxygens (including phenoxy) is 1. The Labute approximate surface area is 132 Å². The molecule has 0 aliphatic carbocycles. The molecule has 0 N–H and O–H groups in total. The molecule has 1 aliphatic rings. The molecule has 0 bridgehead atoms. The van der Waals surface area contributed by atoms with E-state index in [4.69, 9.17) is 4.74 Å². The average Bonchev–Trinajstić information content (AvgIpc) is 2.72. The van der Waals surface area contributed by atoms with E-state index < -0.39 is 11.6 Å². The zero-order valence-electron chi connectivity index (χ0n) is 13.7. The molecule has 0 saturated carbocycles. The number of rotatable bonds is 3. The first-order valence-electron chi connectivity index (χ1n) is 7.94. The molecule has 1 saturated heterocycles. The molecule has 120 valence electrons. The van der Waals surface area contributed by atoms with E-state index >= 15 is 0 Å². The number of benzene rings is 1. The summed E-state index contributed by atoms with van der Waals surface area (Å²) in [5, 5.41) is 0. The molecule has 22 heavy (non-hydrogen) atoms. The van der Waals surface area contributed by atoms with Crippen molar-refractivity contribution in [2.75, 3.05) is 13.1 Å². The normalized spacial score (nSPS) is 19.4. The van der Waals surface area contributed by atoms with Crippen molar-refractivity contribution in [2.24, 2.45) is 0 Å². The Morgan fingerprint density at radius 2 is 1.86 bits per heavy atom. The predicted molar refractivity (Wildman–Crippen MR) is 85.5 cm³/mol. The van der Waals surface area contributed by atoms with Gasteiger partial charge in [0, 0.05) is 25.9 Å². The highest BCUT2D eigenvalue weighted by Crippen LogP contribution is 2.28. The number of likely N-dealkylation sites (tertiary alicyclic amines) is 1. The molecule has 4 nitrogen and oxygen atoms in total. The van der Waals surface area contributed by atoms with Crippen LogP contribution in [0.4, 0.5) is 0 Å². The monoisotopic (exact) mass is 303 g/mol. The second-order valence-corrected chi connectivity index (χ2v) is 6.46. The first kappa shape index (κ1) is 16.5. The van der Waals surface area contributed by atoms with Crippen molar-refractivity contribution < 1.29 is 14.3 Å². The Balaban J connectivity index is 2.13. The fourth-order valence-corrected chi connectivity index (χ4v) is 3.11. The summed E-state index contributed by atoms with van der Waals surface area (Å²) in [7, 11) is 0. The van der Waals surface area contributed by atoms with Gasteiger partial charge in [0.1, 0.15) is 0 Å². The third-order valence-corrected chi connectivity index (χ3v) is 4.14. The van der Waals surface area contributed by atoms with Gasteiger partial charge in [0.05, 0.1) is 0 Å². The third-order valence-electron chi connectivity index (χ3n) is 4.14. The van der Waals surface area contributed by atoms with E-state index in [0.29, 0.717) is 12.5 Å². The van der Waals surface area contributed by atoms with E-state index in [1.54, 1.807) is 13.8 Å². The molecule has 1 amide bonds. The van der Waals surface area contributed by atoms with Crippen LogP contribution in [0.15, 0.2) is 30.3 Å². The molecule has 1 aliphatic heterocycles. The molecular formula is C18H25NO3. The average molecular weight is 303 g/mol. The highest BCUT2D eigenvalue weighted by atomic mass is 16.6. The van der Waals surface area contributed by atoms with E-state index in [1.807, 2.05) is 23.1 Å². The minimum absolute atomic E-state index is 0.106. The van der Waals surface area contributed by atoms with E-state index in [9.17, 15) is 9.59 Å². The van der Waals surface area contributed by atoms with Crippen molar-refractivity contribution in [2.45, 2.75) is 51.6 Å². The third kappa shape index (κ3) is 4.09. The van der Waals surface area contributed by atoms with Crippen molar-refractivity contribution in [3.63, 3.8) is 0 Å². The summed E-state index contributed by atoms with van der Waals surface area (Å²) >= 11 is 0. The maximum absolute atomic E-state index is 12.7.